The highest BCUT2D eigenvalue weighted by molar-refractivity contribution is 7.87. The Morgan fingerprint density at radius 3 is 1.85 bits per heavy atom. The van der Waals surface area contributed by atoms with Gasteiger partial charge < -0.3 is 4.74 Å². The molecule has 1 amide bonds. The van der Waals surface area contributed by atoms with Crippen LogP contribution in [0.3, 0.4) is 0 Å². The van der Waals surface area contributed by atoms with Crippen LogP contribution in [0.25, 0.3) is 0 Å². The van der Waals surface area contributed by atoms with Gasteiger partial charge in [0.1, 0.15) is 0 Å². The Labute approximate surface area is 154 Å². The lowest BCUT2D eigenvalue weighted by atomic mass is 10.2. The molecule has 26 heavy (non-hydrogen) atoms. The van der Waals surface area contributed by atoms with Crippen LogP contribution in [-0.4, -0.2) is 12.7 Å². The topological polar surface area (TPSA) is 38.7 Å². The third-order valence-corrected chi connectivity index (χ3v) is 7.98. The molecule has 0 spiro atoms. The number of nitrogens with zero attached hydrogens (tertiary/aromatic N) is 1. The molecule has 0 saturated heterocycles. The fraction of sp³-hybridized carbons (Fsp3) is 0.136. The van der Waals surface area contributed by atoms with Crippen molar-refractivity contribution in [1.29, 1.82) is 0 Å². The van der Waals surface area contributed by atoms with Crippen LogP contribution in [0, 0.1) is 6.92 Å². The van der Waals surface area contributed by atoms with Gasteiger partial charge in [-0.25, -0.2) is 4.79 Å². The lowest BCUT2D eigenvalue weighted by Gasteiger charge is -2.27. The van der Waals surface area contributed by atoms with Gasteiger partial charge in [-0.1, -0.05) is 84.9 Å². The molecule has 3 nitrogen and oxygen atoms in total. The van der Waals surface area contributed by atoms with E-state index in [4.69, 9.17) is 9.48 Å². The minimum Gasteiger partial charge on any atom is -0.448 e. The largest absolute Gasteiger partial charge is 0.448 e. The van der Waals surface area contributed by atoms with Crippen LogP contribution < -0.4 is 15.9 Å². The Bertz CT molecular complexity index is 893. The highest BCUT2D eigenvalue weighted by Gasteiger charge is 2.30. The lowest BCUT2D eigenvalue weighted by molar-refractivity contribution is 0.164. The zero-order valence-electron chi connectivity index (χ0n) is 15.0. The summed E-state index contributed by atoms with van der Waals surface area (Å²) in [7, 11) is -2.53. The van der Waals surface area contributed by atoms with Crippen molar-refractivity contribution in [3.8, 4) is 0 Å². The van der Waals surface area contributed by atoms with E-state index in [2.05, 4.69) is 43.3 Å². The smallest absolute Gasteiger partial charge is 0.433 e. The molecule has 0 radical (unpaired) electrons. The van der Waals surface area contributed by atoms with E-state index in [0.29, 0.717) is 6.61 Å². The average molecular weight is 363 g/mol. The van der Waals surface area contributed by atoms with Crippen LogP contribution in [0.2, 0.25) is 0 Å². The predicted molar refractivity (Wildman–Crippen MR) is 109 cm³/mol. The number of aryl methyl sites for hydroxylation is 1. The molecule has 0 aliphatic heterocycles. The standard InChI is InChI=1S/C22H22NO2P/c1-3-25-22(24)23-26(19-13-6-4-7-14-19,20-15-8-5-9-16-20)21-17-11-10-12-18(21)2/h4-17H,3H2,1-2H3. The summed E-state index contributed by atoms with van der Waals surface area (Å²) in [4.78, 5) is 12.5. The Morgan fingerprint density at radius 2 is 1.35 bits per heavy atom. The third-order valence-electron chi connectivity index (χ3n) is 4.22. The Hall–Kier alpha value is -2.64. The number of hydrogen-bond acceptors (Lipinski definition) is 2. The molecule has 3 aromatic carbocycles. The van der Waals surface area contributed by atoms with Gasteiger partial charge in [0.15, 0.2) is 0 Å². The van der Waals surface area contributed by atoms with E-state index in [1.54, 1.807) is 6.92 Å². The molecule has 3 rings (SSSR count). The van der Waals surface area contributed by atoms with Crippen molar-refractivity contribution in [2.75, 3.05) is 6.61 Å². The Balaban J connectivity index is 2.44. The fourth-order valence-corrected chi connectivity index (χ4v) is 6.68. The third kappa shape index (κ3) is 3.49. The van der Waals surface area contributed by atoms with E-state index in [0.717, 1.165) is 21.5 Å². The molecule has 4 heteroatoms. The first-order valence-electron chi connectivity index (χ1n) is 8.65. The van der Waals surface area contributed by atoms with E-state index >= 15 is 0 Å². The number of rotatable bonds is 4. The van der Waals surface area contributed by atoms with Gasteiger partial charge in [-0.3, -0.25) is 0 Å². The molecule has 0 bridgehead atoms. The summed E-state index contributed by atoms with van der Waals surface area (Å²) in [5.41, 5.74) is 1.11. The quantitative estimate of drug-likeness (QED) is 0.634. The zero-order chi connectivity index (χ0) is 18.4. The van der Waals surface area contributed by atoms with Gasteiger partial charge in [-0.15, -0.1) is 0 Å². The molecule has 0 aliphatic carbocycles. The van der Waals surface area contributed by atoms with Crippen molar-refractivity contribution in [3.05, 3.63) is 90.5 Å². The van der Waals surface area contributed by atoms with Gasteiger partial charge in [-0.05, 0) is 19.4 Å². The molecular formula is C22H22NO2P. The van der Waals surface area contributed by atoms with Crippen LogP contribution in [0.4, 0.5) is 4.79 Å². The van der Waals surface area contributed by atoms with Gasteiger partial charge in [-0.2, -0.15) is 4.74 Å². The van der Waals surface area contributed by atoms with Gasteiger partial charge in [0.2, 0.25) is 0 Å². The molecule has 3 aromatic rings. The Kier molecular flexibility index (Phi) is 5.70. The first-order valence-corrected chi connectivity index (χ1v) is 10.4. The van der Waals surface area contributed by atoms with Crippen molar-refractivity contribution < 1.29 is 9.53 Å². The maximum Gasteiger partial charge on any atom is 0.433 e. The molecule has 0 fully saturated rings. The van der Waals surface area contributed by atoms with Crippen LogP contribution in [0.5, 0.6) is 0 Å². The zero-order valence-corrected chi connectivity index (χ0v) is 15.9. The number of ether oxygens (including phenoxy) is 1. The van der Waals surface area contributed by atoms with Crippen molar-refractivity contribution in [3.63, 3.8) is 0 Å². The molecule has 0 heterocycles. The van der Waals surface area contributed by atoms with Gasteiger partial charge in [0, 0.05) is 15.9 Å². The monoisotopic (exact) mass is 363 g/mol. The van der Waals surface area contributed by atoms with Gasteiger partial charge in [0.05, 0.1) is 13.7 Å². The van der Waals surface area contributed by atoms with E-state index < -0.39 is 13.1 Å². The minimum absolute atomic E-state index is 0.305. The second-order valence-corrected chi connectivity index (χ2v) is 8.88. The number of carbonyl (C=O) groups is 1. The van der Waals surface area contributed by atoms with Gasteiger partial charge in [0.25, 0.3) is 0 Å². The van der Waals surface area contributed by atoms with Crippen LogP contribution in [0.1, 0.15) is 12.5 Å². The van der Waals surface area contributed by atoms with Crippen molar-refractivity contribution >= 4 is 29.1 Å². The number of carbonyl (C=O) groups excluding carboxylic acids is 1. The number of benzene rings is 3. The van der Waals surface area contributed by atoms with Crippen molar-refractivity contribution in [1.82, 2.24) is 0 Å². The average Bonchev–Trinajstić information content (AvgIpc) is 2.68. The number of amides is 1. The van der Waals surface area contributed by atoms with Crippen LogP contribution in [-0.2, 0) is 4.74 Å². The molecular weight excluding hydrogens is 341 g/mol. The van der Waals surface area contributed by atoms with E-state index in [9.17, 15) is 4.79 Å². The summed E-state index contributed by atoms with van der Waals surface area (Å²) < 4.78 is 9.94. The maximum absolute atomic E-state index is 12.5. The second-order valence-electron chi connectivity index (χ2n) is 5.89. The van der Waals surface area contributed by atoms with E-state index in [-0.39, 0.29) is 0 Å². The molecule has 0 saturated carbocycles. The summed E-state index contributed by atoms with van der Waals surface area (Å²) in [5, 5.41) is 3.15. The first-order chi connectivity index (χ1) is 12.7. The van der Waals surface area contributed by atoms with Crippen LogP contribution >= 0.6 is 7.05 Å². The summed E-state index contributed by atoms with van der Waals surface area (Å²) in [6.45, 7) is 4.17. The summed E-state index contributed by atoms with van der Waals surface area (Å²) in [6, 6.07) is 28.3. The SMILES string of the molecule is CCOC(=O)N=P(c1ccccc1)(c1ccccc1)c1ccccc1C. The molecule has 0 aromatic heterocycles. The first kappa shape index (κ1) is 18.2. The highest BCUT2D eigenvalue weighted by Crippen LogP contribution is 2.47. The summed E-state index contributed by atoms with van der Waals surface area (Å²) >= 11 is 0. The maximum atomic E-state index is 12.5. The minimum atomic E-state index is -2.53. The highest BCUT2D eigenvalue weighted by atomic mass is 31.2. The van der Waals surface area contributed by atoms with E-state index in [1.807, 2.05) is 48.5 Å². The summed E-state index contributed by atoms with van der Waals surface area (Å²) in [5.74, 6) is 0. The van der Waals surface area contributed by atoms with Crippen molar-refractivity contribution in [2.24, 2.45) is 4.74 Å². The molecule has 0 aliphatic rings. The summed E-state index contributed by atoms with van der Waals surface area (Å²) in [6.07, 6.45) is -0.517. The normalized spacial score (nSPS) is 11.0. The van der Waals surface area contributed by atoms with E-state index in [1.165, 1.54) is 0 Å². The van der Waals surface area contributed by atoms with Crippen molar-refractivity contribution in [2.45, 2.75) is 13.8 Å². The molecule has 0 atom stereocenters. The predicted octanol–water partition coefficient (Wildman–Crippen LogP) is 4.63. The molecule has 0 unspecified atom stereocenters. The Morgan fingerprint density at radius 1 is 0.846 bits per heavy atom. The van der Waals surface area contributed by atoms with Gasteiger partial charge >= 0.3 is 6.09 Å². The molecule has 0 N–H and O–H groups in total. The van der Waals surface area contributed by atoms with Crippen LogP contribution in [0.15, 0.2) is 89.7 Å². The number of hydrogen-bond donors (Lipinski definition) is 0. The second kappa shape index (κ2) is 8.16. The fourth-order valence-electron chi connectivity index (χ4n) is 3.09. The molecule has 132 valence electrons. The lowest BCUT2D eigenvalue weighted by Crippen LogP contribution is -2.27.